The van der Waals surface area contributed by atoms with Gasteiger partial charge in [0.25, 0.3) is 0 Å². The number of anilines is 1. The summed E-state index contributed by atoms with van der Waals surface area (Å²) in [5, 5.41) is 15.2. The predicted octanol–water partition coefficient (Wildman–Crippen LogP) is 7.36. The highest BCUT2D eigenvalue weighted by Crippen LogP contribution is 2.40. The Morgan fingerprint density at radius 1 is 1.14 bits per heavy atom. The lowest BCUT2D eigenvalue weighted by atomic mass is 10.00. The molecule has 0 bridgehead atoms. The number of hydrogen-bond acceptors (Lipinski definition) is 7. The maximum absolute atomic E-state index is 12.9. The van der Waals surface area contributed by atoms with E-state index in [9.17, 15) is 18.4 Å². The van der Waals surface area contributed by atoms with Crippen molar-refractivity contribution in [2.45, 2.75) is 89.2 Å². The molecule has 1 saturated carbocycles. The van der Waals surface area contributed by atoms with Gasteiger partial charge in [-0.15, -0.1) is 11.3 Å². The lowest BCUT2D eigenvalue weighted by Gasteiger charge is -2.33. The molecule has 1 N–H and O–H groups in total. The zero-order valence-corrected chi connectivity index (χ0v) is 25.7. The van der Waals surface area contributed by atoms with E-state index in [-0.39, 0.29) is 16.5 Å². The fourth-order valence-electron chi connectivity index (χ4n) is 6.75. The average Bonchev–Trinajstić information content (AvgIpc) is 3.89. The highest BCUT2D eigenvalue weighted by atomic mass is 32.1. The smallest absolute Gasteiger partial charge is 0.368 e. The summed E-state index contributed by atoms with van der Waals surface area (Å²) in [6.45, 7) is 6.30. The summed E-state index contributed by atoms with van der Waals surface area (Å²) in [7, 11) is 0. The number of likely N-dealkylation sites (tertiary alicyclic amines) is 1. The molecule has 7 nitrogen and oxygen atoms in total. The zero-order valence-electron chi connectivity index (χ0n) is 24.9. The minimum absolute atomic E-state index is 0.121. The van der Waals surface area contributed by atoms with E-state index in [0.717, 1.165) is 80.2 Å². The summed E-state index contributed by atoms with van der Waals surface area (Å²) >= 11 is 1.07. The van der Waals surface area contributed by atoms with Crippen LogP contribution in [0.1, 0.15) is 66.6 Å². The maximum Gasteiger partial charge on any atom is 0.393 e. The molecule has 3 aliphatic rings. The second-order valence-electron chi connectivity index (χ2n) is 13.0. The molecule has 11 heteroatoms. The number of fused-ring (bicyclic) bond motifs is 2. The van der Waals surface area contributed by atoms with Crippen LogP contribution in [0.15, 0.2) is 30.6 Å². The summed E-state index contributed by atoms with van der Waals surface area (Å²) in [6, 6.07) is 10.6. The summed E-state index contributed by atoms with van der Waals surface area (Å²) in [5.41, 5.74) is 4.15. The molecule has 2 aliphatic heterocycles. The number of ether oxygens (including phenoxy) is 1. The largest absolute Gasteiger partial charge is 0.393 e. The van der Waals surface area contributed by atoms with Crippen LogP contribution in [0.25, 0.3) is 21.1 Å². The summed E-state index contributed by atoms with van der Waals surface area (Å²) < 4.78 is 46.9. The standard InChI is InChI=1S/C33H37F3N6OS/c1-21-23(6-7-29-27(21)13-25(16-37)42(29)18-32(19-43-32)10-2-3-22-4-5-22)17-41-11-8-24(9-12-41)40-30-28-14-26(15-33(34,35)36)44-31(28)39-20-38-30/h6-7,13-14,20,22,24H,2-5,8-12,15,17-19H2,1H3,(H,38,39,40). The molecular weight excluding hydrogens is 585 g/mol. The monoisotopic (exact) mass is 622 g/mol. The lowest BCUT2D eigenvalue weighted by Crippen LogP contribution is -2.39. The zero-order chi connectivity index (χ0) is 30.5. The van der Waals surface area contributed by atoms with Crippen molar-refractivity contribution < 1.29 is 17.9 Å². The van der Waals surface area contributed by atoms with Crippen LogP contribution in [0, 0.1) is 24.2 Å². The second kappa shape index (κ2) is 11.6. The fourth-order valence-corrected chi connectivity index (χ4v) is 7.78. The number of alkyl halides is 3. The normalized spacial score (nSPS) is 21.2. The van der Waals surface area contributed by atoms with Gasteiger partial charge in [-0.25, -0.2) is 9.97 Å². The molecule has 3 fully saturated rings. The van der Waals surface area contributed by atoms with Gasteiger partial charge < -0.3 is 14.6 Å². The molecule has 0 amide bonds. The molecule has 0 radical (unpaired) electrons. The highest BCUT2D eigenvalue weighted by Gasteiger charge is 2.45. The Labute approximate surface area is 259 Å². The third kappa shape index (κ3) is 6.44. The molecule has 1 atom stereocenters. The number of benzene rings is 1. The Morgan fingerprint density at radius 2 is 1.93 bits per heavy atom. The molecule has 7 rings (SSSR count). The lowest BCUT2D eigenvalue weighted by molar-refractivity contribution is -0.126. The van der Waals surface area contributed by atoms with Crippen LogP contribution in [-0.4, -0.2) is 57.0 Å². The SMILES string of the molecule is Cc1c(CN2CCC(Nc3ncnc4sc(CC(F)(F)F)cc34)CC2)ccc2c1cc(C#N)n2CC1(CCCC2CC2)CO1. The van der Waals surface area contributed by atoms with Crippen LogP contribution in [-0.2, 0) is 24.2 Å². The third-order valence-corrected chi connectivity index (χ3v) is 10.6. The van der Waals surface area contributed by atoms with Crippen molar-refractivity contribution >= 4 is 38.3 Å². The molecule has 1 unspecified atom stereocenters. The molecule has 44 heavy (non-hydrogen) atoms. The predicted molar refractivity (Wildman–Crippen MR) is 166 cm³/mol. The number of hydrogen-bond donors (Lipinski definition) is 1. The first-order valence-corrected chi connectivity index (χ1v) is 16.5. The van der Waals surface area contributed by atoms with Crippen molar-refractivity contribution in [3.05, 3.63) is 52.3 Å². The van der Waals surface area contributed by atoms with E-state index in [4.69, 9.17) is 4.74 Å². The third-order valence-electron chi connectivity index (χ3n) is 9.60. The summed E-state index contributed by atoms with van der Waals surface area (Å²) in [6.07, 6.45) is 4.35. The molecule has 5 heterocycles. The van der Waals surface area contributed by atoms with Crippen LogP contribution >= 0.6 is 11.3 Å². The van der Waals surface area contributed by atoms with E-state index < -0.39 is 12.6 Å². The number of thiophene rings is 1. The van der Waals surface area contributed by atoms with Gasteiger partial charge in [-0.3, -0.25) is 4.90 Å². The Bertz CT molecular complexity index is 1710. The minimum Gasteiger partial charge on any atom is -0.368 e. The van der Waals surface area contributed by atoms with Gasteiger partial charge in [-0.2, -0.15) is 18.4 Å². The molecule has 0 spiro atoms. The van der Waals surface area contributed by atoms with Crippen molar-refractivity contribution in [2.24, 2.45) is 5.92 Å². The van der Waals surface area contributed by atoms with E-state index in [1.807, 2.05) is 6.07 Å². The van der Waals surface area contributed by atoms with Crippen molar-refractivity contribution in [3.8, 4) is 6.07 Å². The van der Waals surface area contributed by atoms with Gasteiger partial charge in [-0.1, -0.05) is 31.7 Å². The number of aryl methyl sites for hydroxylation is 1. The van der Waals surface area contributed by atoms with Crippen LogP contribution in [0.3, 0.4) is 0 Å². The molecule has 2 saturated heterocycles. The van der Waals surface area contributed by atoms with Gasteiger partial charge in [0.1, 0.15) is 34.3 Å². The van der Waals surface area contributed by atoms with Gasteiger partial charge in [0, 0.05) is 41.5 Å². The van der Waals surface area contributed by atoms with Crippen LogP contribution in [0.2, 0.25) is 0 Å². The first kappa shape index (κ1) is 29.5. The van der Waals surface area contributed by atoms with E-state index in [1.165, 1.54) is 43.1 Å². The fraction of sp³-hybridized carbons (Fsp3) is 0.545. The molecule has 4 aromatic rings. The number of nitrogens with zero attached hydrogens (tertiary/aromatic N) is 5. The second-order valence-corrected chi connectivity index (χ2v) is 14.1. The van der Waals surface area contributed by atoms with Crippen molar-refractivity contribution in [2.75, 3.05) is 25.0 Å². The minimum atomic E-state index is -4.25. The highest BCUT2D eigenvalue weighted by molar-refractivity contribution is 7.18. The van der Waals surface area contributed by atoms with E-state index >= 15 is 0 Å². The van der Waals surface area contributed by atoms with E-state index in [0.29, 0.717) is 21.7 Å². The summed E-state index contributed by atoms with van der Waals surface area (Å²) in [5.74, 6) is 1.54. The molecule has 1 aromatic carbocycles. The van der Waals surface area contributed by atoms with E-state index in [2.05, 4.69) is 49.9 Å². The number of rotatable bonds is 11. The van der Waals surface area contributed by atoms with Crippen LogP contribution in [0.5, 0.6) is 0 Å². The first-order chi connectivity index (χ1) is 21.2. The Balaban J connectivity index is 0.988. The van der Waals surface area contributed by atoms with Gasteiger partial charge in [0.05, 0.1) is 25.0 Å². The van der Waals surface area contributed by atoms with Gasteiger partial charge in [0.15, 0.2) is 0 Å². The molecular formula is C33H37F3N6OS. The number of epoxide rings is 1. The van der Waals surface area contributed by atoms with Crippen molar-refractivity contribution in [1.29, 1.82) is 5.26 Å². The van der Waals surface area contributed by atoms with Crippen LogP contribution < -0.4 is 5.32 Å². The van der Waals surface area contributed by atoms with Crippen molar-refractivity contribution in [3.63, 3.8) is 0 Å². The number of halogens is 3. The van der Waals surface area contributed by atoms with Crippen molar-refractivity contribution in [1.82, 2.24) is 19.4 Å². The quantitative estimate of drug-likeness (QED) is 0.176. The molecule has 3 aromatic heterocycles. The Kier molecular flexibility index (Phi) is 7.79. The summed E-state index contributed by atoms with van der Waals surface area (Å²) in [4.78, 5) is 11.8. The van der Waals surface area contributed by atoms with Gasteiger partial charge >= 0.3 is 6.18 Å². The van der Waals surface area contributed by atoms with E-state index in [1.54, 1.807) is 6.07 Å². The number of piperidine rings is 1. The average molecular weight is 623 g/mol. The molecule has 232 valence electrons. The first-order valence-electron chi connectivity index (χ1n) is 15.6. The Morgan fingerprint density at radius 3 is 2.64 bits per heavy atom. The molecule has 1 aliphatic carbocycles. The number of nitrogens with one attached hydrogen (secondary N) is 1. The van der Waals surface area contributed by atoms with Gasteiger partial charge in [0.2, 0.25) is 0 Å². The maximum atomic E-state index is 12.9. The Hall–Kier alpha value is -3.20. The van der Waals surface area contributed by atoms with Gasteiger partial charge in [-0.05, 0) is 61.4 Å². The number of nitriles is 1. The number of aromatic nitrogens is 3. The van der Waals surface area contributed by atoms with Crippen LogP contribution in [0.4, 0.5) is 19.0 Å². The topological polar surface area (TPSA) is 82.3 Å².